The minimum absolute atomic E-state index is 0.00765. The highest BCUT2D eigenvalue weighted by atomic mass is 32.1. The molecule has 128 valence electrons. The van der Waals surface area contributed by atoms with E-state index in [2.05, 4.69) is 22.5 Å². The summed E-state index contributed by atoms with van der Waals surface area (Å²) < 4.78 is 0. The number of piperidine rings is 1. The highest BCUT2D eigenvalue weighted by molar-refractivity contribution is 7.15. The molecule has 1 aliphatic carbocycles. The highest BCUT2D eigenvalue weighted by Gasteiger charge is 2.24. The third-order valence-corrected chi connectivity index (χ3v) is 7.26. The van der Waals surface area contributed by atoms with E-state index < -0.39 is 0 Å². The zero-order valence-electron chi connectivity index (χ0n) is 13.9. The van der Waals surface area contributed by atoms with Gasteiger partial charge < -0.3 is 5.32 Å². The Balaban J connectivity index is 1.46. The molecule has 2 aromatic rings. The van der Waals surface area contributed by atoms with E-state index in [9.17, 15) is 4.79 Å². The van der Waals surface area contributed by atoms with Gasteiger partial charge in [0.25, 0.3) is 5.91 Å². The van der Waals surface area contributed by atoms with Gasteiger partial charge in [-0.1, -0.05) is 6.92 Å². The van der Waals surface area contributed by atoms with Crippen LogP contribution >= 0.6 is 22.7 Å². The third kappa shape index (κ3) is 3.27. The molecule has 0 spiro atoms. The first-order chi connectivity index (χ1) is 11.7. The molecule has 2 aliphatic rings. The fraction of sp³-hybridized carbons (Fsp3) is 0.556. The number of carbonyl (C=O) groups is 1. The summed E-state index contributed by atoms with van der Waals surface area (Å²) in [6, 6.07) is 0. The van der Waals surface area contributed by atoms with Crippen LogP contribution in [0, 0.1) is 5.92 Å². The minimum Gasteiger partial charge on any atom is -0.317 e. The summed E-state index contributed by atoms with van der Waals surface area (Å²) in [7, 11) is 0. The Labute approximate surface area is 150 Å². The Hall–Kier alpha value is -1.24. The predicted molar refractivity (Wildman–Crippen MR) is 100 cm³/mol. The lowest BCUT2D eigenvalue weighted by atomic mass is 9.88. The molecular formula is C18H23N3OS2. The van der Waals surface area contributed by atoms with Crippen molar-refractivity contribution in [3.05, 3.63) is 32.5 Å². The van der Waals surface area contributed by atoms with Gasteiger partial charge in [0.1, 0.15) is 0 Å². The number of amides is 1. The van der Waals surface area contributed by atoms with E-state index in [1.807, 2.05) is 11.6 Å². The Bertz CT molecular complexity index is 730. The topological polar surface area (TPSA) is 54.0 Å². The number of fused-ring (bicyclic) bond motifs is 1. The zero-order chi connectivity index (χ0) is 16.5. The van der Waals surface area contributed by atoms with Crippen LogP contribution in [0.2, 0.25) is 0 Å². The molecule has 4 nitrogen and oxygen atoms in total. The molecule has 6 heteroatoms. The second kappa shape index (κ2) is 6.94. The number of hydrogen-bond acceptors (Lipinski definition) is 5. The van der Waals surface area contributed by atoms with E-state index in [1.165, 1.54) is 21.7 Å². The predicted octanol–water partition coefficient (Wildman–Crippen LogP) is 4.05. The Morgan fingerprint density at radius 1 is 1.33 bits per heavy atom. The van der Waals surface area contributed by atoms with Gasteiger partial charge in [-0.2, -0.15) is 0 Å². The Kier molecular flexibility index (Phi) is 4.70. The highest BCUT2D eigenvalue weighted by Crippen LogP contribution is 2.34. The van der Waals surface area contributed by atoms with E-state index in [4.69, 9.17) is 0 Å². The van der Waals surface area contributed by atoms with Crippen LogP contribution in [0.5, 0.6) is 0 Å². The number of thiophene rings is 1. The molecule has 1 aliphatic heterocycles. The lowest BCUT2D eigenvalue weighted by Crippen LogP contribution is -2.26. The van der Waals surface area contributed by atoms with E-state index in [0.29, 0.717) is 5.92 Å². The van der Waals surface area contributed by atoms with Gasteiger partial charge in [-0.05, 0) is 62.6 Å². The van der Waals surface area contributed by atoms with E-state index >= 15 is 0 Å². The summed E-state index contributed by atoms with van der Waals surface area (Å²) in [6.45, 7) is 4.44. The molecule has 1 atom stereocenters. The van der Waals surface area contributed by atoms with Crippen LogP contribution in [-0.4, -0.2) is 24.0 Å². The second-order valence-electron chi connectivity index (χ2n) is 6.95. The summed E-state index contributed by atoms with van der Waals surface area (Å²) >= 11 is 3.37. The molecule has 2 aromatic heterocycles. The largest absolute Gasteiger partial charge is 0.317 e. The van der Waals surface area contributed by atoms with Crippen LogP contribution < -0.4 is 10.6 Å². The van der Waals surface area contributed by atoms with E-state index in [-0.39, 0.29) is 5.91 Å². The molecule has 3 heterocycles. The maximum Gasteiger partial charge on any atom is 0.258 e. The minimum atomic E-state index is 0.00765. The first-order valence-corrected chi connectivity index (χ1v) is 10.5. The molecule has 1 saturated heterocycles. The number of anilines is 1. The number of thiazole rings is 1. The quantitative estimate of drug-likeness (QED) is 0.867. The van der Waals surface area contributed by atoms with Gasteiger partial charge in [-0.3, -0.25) is 10.1 Å². The number of hydrogen-bond donors (Lipinski definition) is 2. The van der Waals surface area contributed by atoms with Gasteiger partial charge in [-0.15, -0.1) is 22.7 Å². The lowest BCUT2D eigenvalue weighted by molar-refractivity contribution is 0.102. The molecular weight excluding hydrogens is 338 g/mol. The summed E-state index contributed by atoms with van der Waals surface area (Å²) in [5, 5.41) is 9.18. The number of nitrogens with zero attached hydrogens (tertiary/aromatic N) is 1. The lowest BCUT2D eigenvalue weighted by Gasteiger charge is -2.20. The zero-order valence-corrected chi connectivity index (χ0v) is 15.6. The van der Waals surface area contributed by atoms with Gasteiger partial charge in [0.05, 0.1) is 5.56 Å². The summed E-state index contributed by atoms with van der Waals surface area (Å²) in [6.07, 6.45) is 7.59. The molecule has 0 radical (unpaired) electrons. The van der Waals surface area contributed by atoms with Crippen LogP contribution in [0.15, 0.2) is 11.6 Å². The van der Waals surface area contributed by atoms with Crippen molar-refractivity contribution in [2.75, 3.05) is 18.4 Å². The van der Waals surface area contributed by atoms with Gasteiger partial charge in [0.2, 0.25) is 0 Å². The van der Waals surface area contributed by atoms with Crippen molar-refractivity contribution < 1.29 is 4.79 Å². The van der Waals surface area contributed by atoms with Crippen molar-refractivity contribution in [3.63, 3.8) is 0 Å². The van der Waals surface area contributed by atoms with Gasteiger partial charge >= 0.3 is 0 Å². The van der Waals surface area contributed by atoms with Crippen LogP contribution in [0.1, 0.15) is 57.8 Å². The molecule has 0 aromatic carbocycles. The molecule has 0 bridgehead atoms. The average Bonchev–Trinajstić information content (AvgIpc) is 3.22. The molecule has 24 heavy (non-hydrogen) atoms. The molecule has 0 saturated carbocycles. The normalized spacial score (nSPS) is 21.5. The Morgan fingerprint density at radius 3 is 3.00 bits per heavy atom. The molecule has 1 amide bonds. The second-order valence-corrected chi connectivity index (χ2v) is 8.97. The van der Waals surface area contributed by atoms with Crippen LogP contribution in [0.25, 0.3) is 0 Å². The van der Waals surface area contributed by atoms with Crippen LogP contribution in [0.4, 0.5) is 5.13 Å². The molecule has 2 N–H and O–H groups in total. The van der Waals surface area contributed by atoms with Crippen LogP contribution in [0.3, 0.4) is 0 Å². The maximum atomic E-state index is 12.7. The SMILES string of the molecule is CC1CCc2c(C(=O)Nc3ncc(C4CCNCC4)s3)csc2C1. The van der Waals surface area contributed by atoms with E-state index in [1.54, 1.807) is 22.7 Å². The standard InChI is InChI=1S/C18H23N3OS2/c1-11-2-3-13-14(10-23-15(13)8-11)17(22)21-18-20-9-16(24-18)12-4-6-19-7-5-12/h9-12,19H,2-8H2,1H3,(H,20,21,22). The molecule has 1 unspecified atom stereocenters. The number of carbonyl (C=O) groups excluding carboxylic acids is 1. The van der Waals surface area contributed by atoms with Crippen molar-refractivity contribution in [2.45, 2.75) is 44.9 Å². The number of rotatable bonds is 3. The maximum absolute atomic E-state index is 12.7. The average molecular weight is 362 g/mol. The van der Waals surface area contributed by atoms with Gasteiger partial charge in [-0.25, -0.2) is 4.98 Å². The van der Waals surface area contributed by atoms with Crippen molar-refractivity contribution in [1.82, 2.24) is 10.3 Å². The van der Waals surface area contributed by atoms with Crippen molar-refractivity contribution in [2.24, 2.45) is 5.92 Å². The summed E-state index contributed by atoms with van der Waals surface area (Å²) in [5.41, 5.74) is 2.13. The van der Waals surface area contributed by atoms with Crippen molar-refractivity contribution in [1.29, 1.82) is 0 Å². The fourth-order valence-electron chi connectivity index (χ4n) is 3.67. The van der Waals surface area contributed by atoms with Crippen molar-refractivity contribution in [3.8, 4) is 0 Å². The monoisotopic (exact) mass is 361 g/mol. The summed E-state index contributed by atoms with van der Waals surface area (Å²) in [4.78, 5) is 19.8. The third-order valence-electron chi connectivity index (χ3n) is 5.13. The molecule has 4 rings (SSSR count). The van der Waals surface area contributed by atoms with Gasteiger partial charge in [0.15, 0.2) is 5.13 Å². The number of aromatic nitrogens is 1. The number of nitrogens with one attached hydrogen (secondary N) is 2. The smallest absolute Gasteiger partial charge is 0.258 e. The van der Waals surface area contributed by atoms with Gasteiger partial charge in [0, 0.05) is 21.3 Å². The van der Waals surface area contributed by atoms with E-state index in [0.717, 1.165) is 55.4 Å². The fourth-order valence-corrected chi connectivity index (χ4v) is 5.90. The molecule has 1 fully saturated rings. The first kappa shape index (κ1) is 16.2. The van der Waals surface area contributed by atoms with Crippen molar-refractivity contribution >= 4 is 33.7 Å². The first-order valence-electron chi connectivity index (χ1n) is 8.77. The van der Waals surface area contributed by atoms with Crippen LogP contribution in [-0.2, 0) is 12.8 Å². The Morgan fingerprint density at radius 2 is 2.17 bits per heavy atom. The summed E-state index contributed by atoms with van der Waals surface area (Å²) in [5.74, 6) is 1.33.